The van der Waals surface area contributed by atoms with Crippen LogP contribution in [0.15, 0.2) is 0 Å². The molecule has 6 heteroatoms. The van der Waals surface area contributed by atoms with Crippen molar-refractivity contribution in [3.8, 4) is 0 Å². The Balaban J connectivity index is 0.000000218. The number of nitrogens with zero attached hydrogens (tertiary/aromatic N) is 1. The van der Waals surface area contributed by atoms with Crippen LogP contribution in [-0.2, 0) is 9.30 Å². The van der Waals surface area contributed by atoms with E-state index in [4.69, 9.17) is 19.1 Å². The van der Waals surface area contributed by atoms with Crippen LogP contribution >= 0.6 is 8.25 Å². The predicted octanol–water partition coefficient (Wildman–Crippen LogP) is -0.423. The van der Waals surface area contributed by atoms with E-state index in [1.165, 1.54) is 0 Å². The fourth-order valence-corrected chi connectivity index (χ4v) is 0.655. The van der Waals surface area contributed by atoms with Crippen LogP contribution in [0.1, 0.15) is 0 Å². The predicted molar refractivity (Wildman–Crippen MR) is 40.4 cm³/mol. The monoisotopic (exact) mass is 182 g/mol. The van der Waals surface area contributed by atoms with Crippen molar-refractivity contribution in [1.82, 2.24) is 4.90 Å². The largest absolute Gasteiger partial charge is 0.692 e. The van der Waals surface area contributed by atoms with Gasteiger partial charge in [0.2, 0.25) is 0 Å². The molecule has 1 rings (SSSR count). The van der Waals surface area contributed by atoms with Crippen LogP contribution in [-0.4, -0.2) is 48.0 Å². The molecule has 0 saturated carbocycles. The molecule has 11 heavy (non-hydrogen) atoms. The molecule has 1 fully saturated rings. The Morgan fingerprint density at radius 1 is 1.36 bits per heavy atom. The second-order valence-electron chi connectivity index (χ2n) is 2.17. The van der Waals surface area contributed by atoms with Crippen LogP contribution in [0.5, 0.6) is 0 Å². The van der Waals surface area contributed by atoms with E-state index in [1.807, 2.05) is 0 Å². The van der Waals surface area contributed by atoms with Crippen LogP contribution in [0.3, 0.4) is 0 Å². The highest BCUT2D eigenvalue weighted by Gasteiger charge is 2.02. The molecule has 0 aromatic heterocycles. The lowest BCUT2D eigenvalue weighted by molar-refractivity contribution is 0.0503. The van der Waals surface area contributed by atoms with Gasteiger partial charge in [0, 0.05) is 17.7 Å². The first kappa shape index (κ1) is 10.9. The molecule has 2 N–H and O–H groups in total. The molecule has 5 nitrogen and oxygen atoms in total. The number of rotatable bonds is 0. The lowest BCUT2D eigenvalue weighted by Crippen LogP contribution is -2.32. The topological polar surface area (TPSA) is 70.0 Å². The Morgan fingerprint density at radius 3 is 1.91 bits per heavy atom. The van der Waals surface area contributed by atoms with E-state index in [9.17, 15) is 0 Å². The van der Waals surface area contributed by atoms with Gasteiger partial charge in [0.25, 0.3) is 0 Å². The highest BCUT2D eigenvalue weighted by molar-refractivity contribution is 7.30. The quantitative estimate of drug-likeness (QED) is 0.498. The van der Waals surface area contributed by atoms with Crippen molar-refractivity contribution < 1.29 is 19.1 Å². The van der Waals surface area contributed by atoms with Crippen molar-refractivity contribution in [2.75, 3.05) is 33.4 Å². The minimum absolute atomic E-state index is 0.913. The summed E-state index contributed by atoms with van der Waals surface area (Å²) in [6.45, 7) is 4.02. The third kappa shape index (κ3) is 9.94. The van der Waals surface area contributed by atoms with E-state index in [0.29, 0.717) is 0 Å². The molecule has 0 atom stereocenters. The van der Waals surface area contributed by atoms with Crippen molar-refractivity contribution >= 4 is 8.25 Å². The van der Waals surface area contributed by atoms with Gasteiger partial charge in [-0.15, -0.1) is 9.79 Å². The van der Waals surface area contributed by atoms with Crippen LogP contribution in [0, 0.1) is 0 Å². The average molecular weight is 182 g/mol. The van der Waals surface area contributed by atoms with Gasteiger partial charge >= 0.3 is 8.25 Å². The summed E-state index contributed by atoms with van der Waals surface area (Å²) in [6, 6.07) is 0. The molecule has 0 aromatic carbocycles. The summed E-state index contributed by atoms with van der Waals surface area (Å²) in [6.07, 6.45) is 0. The molecule has 1 aliphatic rings. The number of morpholine rings is 1. The number of hydrogen-bond donors (Lipinski definition) is 2. The number of likely N-dealkylation sites (N-methyl/N-ethyl adjacent to an activating group) is 1. The summed E-state index contributed by atoms with van der Waals surface area (Å²) in [4.78, 5) is 16.5. The molecule has 0 unspecified atom stereocenters. The second-order valence-corrected chi connectivity index (χ2v) is 2.67. The van der Waals surface area contributed by atoms with E-state index < -0.39 is 8.25 Å². The Bertz CT molecular complexity index is 111. The summed E-state index contributed by atoms with van der Waals surface area (Å²) < 4.78 is 13.8. The van der Waals surface area contributed by atoms with Gasteiger partial charge in [-0.05, 0) is 7.05 Å². The smallest absolute Gasteiger partial charge is 0.379 e. The minimum Gasteiger partial charge on any atom is -0.379 e. The maximum absolute atomic E-state index is 8.70. The summed E-state index contributed by atoms with van der Waals surface area (Å²) in [5, 5.41) is 0. The molecule has 0 spiro atoms. The Hall–Kier alpha value is -0.0600. The van der Waals surface area contributed by atoms with Crippen LogP contribution < -0.4 is 0 Å². The Labute approximate surface area is 66.5 Å². The molecule has 1 heterocycles. The minimum atomic E-state index is -2.87. The van der Waals surface area contributed by atoms with Gasteiger partial charge in [0.1, 0.15) is 0 Å². The van der Waals surface area contributed by atoms with E-state index in [0.717, 1.165) is 26.3 Å². The SMILES string of the molecule is CN1CCOCC1.O=[P+](O)O. The molecule has 0 amide bonds. The van der Waals surface area contributed by atoms with E-state index >= 15 is 0 Å². The van der Waals surface area contributed by atoms with Crippen LogP contribution in [0.25, 0.3) is 0 Å². The van der Waals surface area contributed by atoms with Gasteiger partial charge < -0.3 is 9.64 Å². The maximum atomic E-state index is 8.70. The number of hydrogen-bond acceptors (Lipinski definition) is 3. The van der Waals surface area contributed by atoms with Gasteiger partial charge in [-0.25, -0.2) is 0 Å². The zero-order chi connectivity index (χ0) is 8.69. The van der Waals surface area contributed by atoms with Crippen LogP contribution in [0.4, 0.5) is 0 Å². The van der Waals surface area contributed by atoms with Crippen molar-refractivity contribution in [3.05, 3.63) is 0 Å². The van der Waals surface area contributed by atoms with Crippen LogP contribution in [0.2, 0.25) is 0 Å². The Morgan fingerprint density at radius 2 is 1.73 bits per heavy atom. The van der Waals surface area contributed by atoms with Crippen molar-refractivity contribution in [1.29, 1.82) is 0 Å². The maximum Gasteiger partial charge on any atom is 0.692 e. The zero-order valence-corrected chi connectivity index (χ0v) is 7.33. The zero-order valence-electron chi connectivity index (χ0n) is 6.43. The van der Waals surface area contributed by atoms with E-state index in [-0.39, 0.29) is 0 Å². The standard InChI is InChI=1S/C5H11NO.HO3P/c1-6-2-4-7-5-3-6;1-4(2)3/h2-5H2,1H3;(H-,1,2,3)/p+1. The molecule has 0 bridgehead atoms. The van der Waals surface area contributed by atoms with E-state index in [2.05, 4.69) is 11.9 Å². The fraction of sp³-hybridized carbons (Fsp3) is 1.00. The Kier molecular flexibility index (Phi) is 6.60. The lowest BCUT2D eigenvalue weighted by atomic mass is 10.5. The summed E-state index contributed by atoms with van der Waals surface area (Å²) >= 11 is 0. The highest BCUT2D eigenvalue weighted by Crippen LogP contribution is 1.98. The first-order valence-electron chi connectivity index (χ1n) is 3.24. The first-order chi connectivity index (χ1) is 5.13. The van der Waals surface area contributed by atoms with Crippen molar-refractivity contribution in [3.63, 3.8) is 0 Å². The third-order valence-electron chi connectivity index (χ3n) is 1.23. The second kappa shape index (κ2) is 6.64. The van der Waals surface area contributed by atoms with Gasteiger partial charge in [0.05, 0.1) is 13.2 Å². The highest BCUT2D eigenvalue weighted by atomic mass is 31.1. The molecule has 1 aliphatic heterocycles. The summed E-state index contributed by atoms with van der Waals surface area (Å²) in [5.74, 6) is 0. The molecule has 0 aliphatic carbocycles. The first-order valence-corrected chi connectivity index (χ1v) is 4.40. The van der Waals surface area contributed by atoms with Crippen molar-refractivity contribution in [2.24, 2.45) is 0 Å². The molecule has 0 aromatic rings. The third-order valence-corrected chi connectivity index (χ3v) is 1.23. The number of ether oxygens (including phenoxy) is 1. The molecule has 0 radical (unpaired) electrons. The summed E-state index contributed by atoms with van der Waals surface area (Å²) in [7, 11) is -0.757. The molecular formula is C5H13NO4P+. The normalized spacial score (nSPS) is 18.5. The molecule has 1 saturated heterocycles. The molecule has 66 valence electrons. The lowest BCUT2D eigenvalue weighted by Gasteiger charge is -2.21. The van der Waals surface area contributed by atoms with Gasteiger partial charge in [-0.2, -0.15) is 0 Å². The van der Waals surface area contributed by atoms with Crippen molar-refractivity contribution in [2.45, 2.75) is 0 Å². The van der Waals surface area contributed by atoms with E-state index in [1.54, 1.807) is 0 Å². The molecular weight excluding hydrogens is 169 g/mol. The fourth-order valence-electron chi connectivity index (χ4n) is 0.655. The van der Waals surface area contributed by atoms with Gasteiger partial charge in [0.15, 0.2) is 0 Å². The summed E-state index contributed by atoms with van der Waals surface area (Å²) in [5.41, 5.74) is 0. The average Bonchev–Trinajstić information content (AvgIpc) is 1.87. The van der Waals surface area contributed by atoms with Gasteiger partial charge in [-0.3, -0.25) is 0 Å². The van der Waals surface area contributed by atoms with Gasteiger partial charge in [-0.1, -0.05) is 0 Å².